The van der Waals surface area contributed by atoms with E-state index in [1.54, 1.807) is 0 Å². The number of hydrazine groups is 1. The number of nitrogens with two attached hydrogens (primary N) is 1. The van der Waals surface area contributed by atoms with E-state index in [2.05, 4.69) is 29.2 Å². The van der Waals surface area contributed by atoms with Gasteiger partial charge in [0, 0.05) is 11.3 Å². The van der Waals surface area contributed by atoms with Crippen LogP contribution in [0.4, 0.5) is 5.82 Å². The predicted molar refractivity (Wildman–Crippen MR) is 70.4 cm³/mol. The van der Waals surface area contributed by atoms with Gasteiger partial charge in [-0.3, -0.25) is 0 Å². The van der Waals surface area contributed by atoms with Crippen LogP contribution in [-0.2, 0) is 12.2 Å². The van der Waals surface area contributed by atoms with Crippen molar-refractivity contribution in [3.8, 4) is 0 Å². The van der Waals surface area contributed by atoms with Gasteiger partial charge in [-0.05, 0) is 25.5 Å². The first-order valence-corrected chi connectivity index (χ1v) is 6.79. The van der Waals surface area contributed by atoms with Crippen LogP contribution in [0, 0.1) is 6.92 Å². The Labute approximate surface area is 101 Å². The Morgan fingerprint density at radius 2 is 2.06 bits per heavy atom. The first-order valence-electron chi connectivity index (χ1n) is 5.63. The summed E-state index contributed by atoms with van der Waals surface area (Å²) in [5, 5.41) is 0. The molecule has 1 rings (SSSR count). The Hall–Kier alpha value is -0.810. The number of anilines is 1. The second-order valence-corrected chi connectivity index (χ2v) is 4.72. The molecule has 3 N–H and O–H groups in total. The quantitative estimate of drug-likeness (QED) is 0.454. The van der Waals surface area contributed by atoms with Crippen LogP contribution in [-0.4, -0.2) is 15.7 Å². The number of hydrogen-bond donors (Lipinski definition) is 2. The second-order valence-electron chi connectivity index (χ2n) is 3.61. The molecular formula is C11H20N4S. The molecule has 1 heterocycles. The zero-order chi connectivity index (χ0) is 12.0. The summed E-state index contributed by atoms with van der Waals surface area (Å²) >= 11 is 1.86. The van der Waals surface area contributed by atoms with Crippen LogP contribution < -0.4 is 11.3 Å². The maximum absolute atomic E-state index is 5.45. The van der Waals surface area contributed by atoms with Gasteiger partial charge in [-0.15, -0.1) is 0 Å². The molecule has 0 aromatic carbocycles. The lowest BCUT2D eigenvalue weighted by Gasteiger charge is -2.10. The highest BCUT2D eigenvalue weighted by atomic mass is 32.2. The smallest absolute Gasteiger partial charge is 0.146 e. The van der Waals surface area contributed by atoms with Gasteiger partial charge in [-0.1, -0.05) is 13.8 Å². The molecule has 90 valence electrons. The van der Waals surface area contributed by atoms with Gasteiger partial charge in [0.25, 0.3) is 0 Å². The van der Waals surface area contributed by atoms with Crippen LogP contribution >= 0.6 is 11.8 Å². The molecule has 0 atom stereocenters. The predicted octanol–water partition coefficient (Wildman–Crippen LogP) is 2.28. The molecule has 0 unspecified atom stereocenters. The summed E-state index contributed by atoms with van der Waals surface area (Å²) in [4.78, 5) is 8.95. The van der Waals surface area contributed by atoms with Crippen molar-refractivity contribution in [1.29, 1.82) is 0 Å². The number of nitrogens with zero attached hydrogens (tertiary/aromatic N) is 2. The van der Waals surface area contributed by atoms with Gasteiger partial charge in [0.1, 0.15) is 11.6 Å². The van der Waals surface area contributed by atoms with E-state index < -0.39 is 0 Å². The van der Waals surface area contributed by atoms with Crippen LogP contribution in [0.1, 0.15) is 37.4 Å². The third-order valence-corrected chi connectivity index (χ3v) is 3.50. The molecule has 0 radical (unpaired) electrons. The normalized spacial score (nSPS) is 10.5. The Morgan fingerprint density at radius 1 is 1.31 bits per heavy atom. The van der Waals surface area contributed by atoms with E-state index in [1.807, 2.05) is 18.7 Å². The van der Waals surface area contributed by atoms with E-state index in [0.717, 1.165) is 40.8 Å². The summed E-state index contributed by atoms with van der Waals surface area (Å²) in [6.07, 6.45) is 2.09. The molecule has 0 bridgehead atoms. The summed E-state index contributed by atoms with van der Waals surface area (Å²) in [6, 6.07) is 0. The molecule has 0 aliphatic heterocycles. The molecule has 0 spiro atoms. The van der Waals surface area contributed by atoms with Gasteiger partial charge in [0.15, 0.2) is 0 Å². The number of hydrogen-bond acceptors (Lipinski definition) is 5. The minimum absolute atomic E-state index is 0.749. The van der Waals surface area contributed by atoms with Crippen molar-refractivity contribution in [3.05, 3.63) is 17.1 Å². The van der Waals surface area contributed by atoms with Crippen molar-refractivity contribution >= 4 is 17.6 Å². The summed E-state index contributed by atoms with van der Waals surface area (Å²) in [5.74, 6) is 9.07. The number of thioether (sulfide) groups is 1. The first-order chi connectivity index (χ1) is 7.72. The summed E-state index contributed by atoms with van der Waals surface area (Å²) in [7, 11) is 0. The standard InChI is InChI=1S/C11H20N4S/c1-4-6-16-7-10-13-9(5-2)8(3)11(14-10)15-12/h4-7,12H2,1-3H3,(H,13,14,15). The van der Waals surface area contributed by atoms with Crippen LogP contribution in [0.3, 0.4) is 0 Å². The molecular weight excluding hydrogens is 220 g/mol. The highest BCUT2D eigenvalue weighted by Gasteiger charge is 2.08. The van der Waals surface area contributed by atoms with E-state index in [1.165, 1.54) is 6.42 Å². The van der Waals surface area contributed by atoms with E-state index in [0.29, 0.717) is 0 Å². The lowest BCUT2D eigenvalue weighted by molar-refractivity contribution is 0.916. The average molecular weight is 240 g/mol. The van der Waals surface area contributed by atoms with Crippen molar-refractivity contribution < 1.29 is 0 Å². The van der Waals surface area contributed by atoms with Crippen molar-refractivity contribution in [2.24, 2.45) is 5.84 Å². The van der Waals surface area contributed by atoms with Gasteiger partial charge < -0.3 is 5.43 Å². The molecule has 0 fully saturated rings. The van der Waals surface area contributed by atoms with Gasteiger partial charge in [0.05, 0.1) is 5.75 Å². The fourth-order valence-electron chi connectivity index (χ4n) is 1.47. The van der Waals surface area contributed by atoms with E-state index in [4.69, 9.17) is 5.84 Å². The first kappa shape index (κ1) is 13.3. The second kappa shape index (κ2) is 6.70. The SMILES string of the molecule is CCCSCc1nc(CC)c(C)c(NN)n1. The highest BCUT2D eigenvalue weighted by molar-refractivity contribution is 7.98. The third kappa shape index (κ3) is 3.35. The summed E-state index contributed by atoms with van der Waals surface area (Å²) < 4.78 is 0. The molecule has 16 heavy (non-hydrogen) atoms. The Morgan fingerprint density at radius 3 is 2.62 bits per heavy atom. The minimum Gasteiger partial charge on any atom is -0.308 e. The fraction of sp³-hybridized carbons (Fsp3) is 0.636. The zero-order valence-electron chi connectivity index (χ0n) is 10.2. The van der Waals surface area contributed by atoms with E-state index in [9.17, 15) is 0 Å². The van der Waals surface area contributed by atoms with Crippen LogP contribution in [0.15, 0.2) is 0 Å². The van der Waals surface area contributed by atoms with Crippen molar-refractivity contribution in [3.63, 3.8) is 0 Å². The van der Waals surface area contributed by atoms with Gasteiger partial charge in [0.2, 0.25) is 0 Å². The van der Waals surface area contributed by atoms with E-state index >= 15 is 0 Å². The largest absolute Gasteiger partial charge is 0.308 e. The summed E-state index contributed by atoms with van der Waals surface area (Å²) in [6.45, 7) is 6.27. The molecule has 1 aromatic rings. The summed E-state index contributed by atoms with van der Waals surface area (Å²) in [5.41, 5.74) is 4.77. The number of rotatable bonds is 6. The van der Waals surface area contributed by atoms with Gasteiger partial charge in [-0.2, -0.15) is 11.8 Å². The van der Waals surface area contributed by atoms with Crippen molar-refractivity contribution in [2.45, 2.75) is 39.4 Å². The lowest BCUT2D eigenvalue weighted by Crippen LogP contribution is -2.14. The zero-order valence-corrected chi connectivity index (χ0v) is 11.0. The maximum atomic E-state index is 5.45. The van der Waals surface area contributed by atoms with Gasteiger partial charge in [-0.25, -0.2) is 15.8 Å². The molecule has 0 saturated heterocycles. The highest BCUT2D eigenvalue weighted by Crippen LogP contribution is 2.18. The van der Waals surface area contributed by atoms with Crippen LogP contribution in [0.25, 0.3) is 0 Å². The lowest BCUT2D eigenvalue weighted by atomic mass is 10.2. The molecule has 0 saturated carbocycles. The number of nitrogens with one attached hydrogen (secondary N) is 1. The molecule has 0 amide bonds. The third-order valence-electron chi connectivity index (χ3n) is 2.34. The van der Waals surface area contributed by atoms with Gasteiger partial charge >= 0.3 is 0 Å². The number of nitrogen functional groups attached to an aromatic ring is 1. The van der Waals surface area contributed by atoms with Crippen LogP contribution in [0.5, 0.6) is 0 Å². The minimum atomic E-state index is 0.749. The number of aryl methyl sites for hydroxylation is 1. The molecule has 0 aliphatic carbocycles. The molecule has 0 aliphatic rings. The molecule has 4 nitrogen and oxygen atoms in total. The Bertz CT molecular complexity index is 316. The van der Waals surface area contributed by atoms with E-state index in [-0.39, 0.29) is 0 Å². The average Bonchev–Trinajstić information content (AvgIpc) is 2.31. The monoisotopic (exact) mass is 240 g/mol. The van der Waals surface area contributed by atoms with Crippen molar-refractivity contribution in [2.75, 3.05) is 11.2 Å². The topological polar surface area (TPSA) is 63.8 Å². The van der Waals surface area contributed by atoms with Crippen molar-refractivity contribution in [1.82, 2.24) is 9.97 Å². The Balaban J connectivity index is 2.84. The maximum Gasteiger partial charge on any atom is 0.146 e. The molecule has 5 heteroatoms. The van der Waals surface area contributed by atoms with Crippen LogP contribution in [0.2, 0.25) is 0 Å². The fourth-order valence-corrected chi connectivity index (χ4v) is 2.22. The Kier molecular flexibility index (Phi) is 5.55. The molecule has 1 aromatic heterocycles. The number of aromatic nitrogens is 2.